The highest BCUT2D eigenvalue weighted by Crippen LogP contribution is 2.40. The number of carbonyl (C=O) groups is 1. The van der Waals surface area contributed by atoms with Crippen molar-refractivity contribution < 1.29 is 14.6 Å². The molecule has 0 radical (unpaired) electrons. The number of carboxylic acids is 1. The maximum atomic E-state index is 11.0. The molecule has 0 saturated carbocycles. The van der Waals surface area contributed by atoms with Crippen molar-refractivity contribution in [1.82, 2.24) is 4.90 Å². The van der Waals surface area contributed by atoms with Crippen LogP contribution < -0.4 is 0 Å². The topological polar surface area (TPSA) is 49.8 Å². The van der Waals surface area contributed by atoms with Gasteiger partial charge in [0, 0.05) is 25.7 Å². The van der Waals surface area contributed by atoms with Crippen LogP contribution in [0.5, 0.6) is 0 Å². The van der Waals surface area contributed by atoms with Gasteiger partial charge < -0.3 is 9.84 Å². The van der Waals surface area contributed by atoms with Crippen LogP contribution in [0.15, 0.2) is 0 Å². The predicted octanol–water partition coefficient (Wildman–Crippen LogP) is 2.08. The van der Waals surface area contributed by atoms with Gasteiger partial charge in [0.25, 0.3) is 0 Å². The SMILES string of the molecule is CC(C(=O)O)C1CN(C2CCOC3(CCSCC3)C2)C1. The number of hydrogen-bond donors (Lipinski definition) is 1. The first-order valence-corrected chi connectivity index (χ1v) is 8.94. The Morgan fingerprint density at radius 1 is 1.40 bits per heavy atom. The van der Waals surface area contributed by atoms with Gasteiger partial charge in [0.05, 0.1) is 11.5 Å². The van der Waals surface area contributed by atoms with Gasteiger partial charge in [0.15, 0.2) is 0 Å². The molecular weight excluding hydrogens is 274 g/mol. The third-order valence-corrected chi connectivity index (χ3v) is 6.41. The molecule has 3 saturated heterocycles. The van der Waals surface area contributed by atoms with E-state index in [1.54, 1.807) is 0 Å². The van der Waals surface area contributed by atoms with Crippen molar-refractivity contribution in [2.75, 3.05) is 31.2 Å². The summed E-state index contributed by atoms with van der Waals surface area (Å²) in [5.41, 5.74) is 0.137. The Morgan fingerprint density at radius 3 is 2.75 bits per heavy atom. The maximum absolute atomic E-state index is 11.0. The number of hydrogen-bond acceptors (Lipinski definition) is 4. The largest absolute Gasteiger partial charge is 0.481 e. The van der Waals surface area contributed by atoms with E-state index in [9.17, 15) is 4.79 Å². The van der Waals surface area contributed by atoms with E-state index in [0.29, 0.717) is 12.0 Å². The Labute approximate surface area is 125 Å². The second-order valence-electron chi connectivity index (χ2n) is 6.63. The van der Waals surface area contributed by atoms with E-state index in [0.717, 1.165) is 32.5 Å². The molecule has 4 nitrogen and oxygen atoms in total. The summed E-state index contributed by atoms with van der Waals surface area (Å²) in [4.78, 5) is 13.5. The molecule has 0 aliphatic carbocycles. The van der Waals surface area contributed by atoms with Gasteiger partial charge in [-0.1, -0.05) is 6.92 Å². The first kappa shape index (κ1) is 14.7. The number of carboxylic acid groups (broad SMARTS) is 1. The van der Waals surface area contributed by atoms with E-state index in [-0.39, 0.29) is 11.5 Å². The molecule has 3 rings (SSSR count). The van der Waals surface area contributed by atoms with Crippen molar-refractivity contribution in [1.29, 1.82) is 0 Å². The summed E-state index contributed by atoms with van der Waals surface area (Å²) >= 11 is 2.04. The third-order valence-electron chi connectivity index (χ3n) is 5.42. The standard InChI is InChI=1S/C15H25NO3S/c1-11(14(17)18)12-9-16(10-12)13-2-5-19-15(8-13)3-6-20-7-4-15/h11-13H,2-10H2,1H3,(H,17,18). The lowest BCUT2D eigenvalue weighted by Crippen LogP contribution is -2.59. The predicted molar refractivity (Wildman–Crippen MR) is 80.1 cm³/mol. The number of aliphatic carboxylic acids is 1. The lowest BCUT2D eigenvalue weighted by Gasteiger charge is -2.51. The van der Waals surface area contributed by atoms with Gasteiger partial charge in [-0.25, -0.2) is 0 Å². The highest BCUT2D eigenvalue weighted by molar-refractivity contribution is 7.99. The molecule has 2 unspecified atom stereocenters. The summed E-state index contributed by atoms with van der Waals surface area (Å²) < 4.78 is 6.13. The van der Waals surface area contributed by atoms with Gasteiger partial charge in [0.2, 0.25) is 0 Å². The Kier molecular flexibility index (Phi) is 4.29. The summed E-state index contributed by atoms with van der Waals surface area (Å²) in [6.45, 7) is 4.64. The first-order valence-electron chi connectivity index (χ1n) is 7.78. The minimum Gasteiger partial charge on any atom is -0.481 e. The van der Waals surface area contributed by atoms with Gasteiger partial charge in [0.1, 0.15) is 0 Å². The monoisotopic (exact) mass is 299 g/mol. The molecule has 2 atom stereocenters. The molecule has 1 N–H and O–H groups in total. The maximum Gasteiger partial charge on any atom is 0.306 e. The smallest absolute Gasteiger partial charge is 0.306 e. The lowest BCUT2D eigenvalue weighted by molar-refractivity contribution is -0.150. The zero-order valence-corrected chi connectivity index (χ0v) is 13.0. The van der Waals surface area contributed by atoms with Gasteiger partial charge in [-0.2, -0.15) is 11.8 Å². The highest BCUT2D eigenvalue weighted by atomic mass is 32.2. The van der Waals surface area contributed by atoms with Crippen LogP contribution in [0.1, 0.15) is 32.6 Å². The Balaban J connectivity index is 1.53. The summed E-state index contributed by atoms with van der Waals surface area (Å²) in [5.74, 6) is 1.94. The molecule has 0 bridgehead atoms. The minimum atomic E-state index is -0.651. The van der Waals surface area contributed by atoms with Crippen molar-refractivity contribution in [2.45, 2.75) is 44.2 Å². The van der Waals surface area contributed by atoms with Crippen LogP contribution in [0, 0.1) is 11.8 Å². The van der Waals surface area contributed by atoms with E-state index < -0.39 is 5.97 Å². The van der Waals surface area contributed by atoms with Crippen LogP contribution in [-0.2, 0) is 9.53 Å². The van der Waals surface area contributed by atoms with Crippen LogP contribution in [0.4, 0.5) is 0 Å². The van der Waals surface area contributed by atoms with E-state index in [4.69, 9.17) is 9.84 Å². The zero-order chi connectivity index (χ0) is 14.2. The molecule has 0 aromatic rings. The van der Waals surface area contributed by atoms with Crippen LogP contribution in [0.25, 0.3) is 0 Å². The molecule has 3 heterocycles. The molecule has 3 aliphatic rings. The Morgan fingerprint density at radius 2 is 2.10 bits per heavy atom. The van der Waals surface area contributed by atoms with E-state index in [2.05, 4.69) is 4.90 Å². The quantitative estimate of drug-likeness (QED) is 0.864. The molecule has 5 heteroatoms. The summed E-state index contributed by atoms with van der Waals surface area (Å²) in [5, 5.41) is 9.07. The van der Waals surface area contributed by atoms with Crippen molar-refractivity contribution >= 4 is 17.7 Å². The fraction of sp³-hybridized carbons (Fsp3) is 0.933. The fourth-order valence-corrected chi connectivity index (χ4v) is 5.01. The minimum absolute atomic E-state index is 0.137. The van der Waals surface area contributed by atoms with E-state index in [1.165, 1.54) is 24.3 Å². The second-order valence-corrected chi connectivity index (χ2v) is 7.86. The molecule has 0 amide bonds. The number of likely N-dealkylation sites (tertiary alicyclic amines) is 1. The fourth-order valence-electron chi connectivity index (χ4n) is 3.77. The summed E-state index contributed by atoms with van der Waals surface area (Å²) in [6.07, 6.45) is 4.65. The molecule has 3 fully saturated rings. The molecule has 0 aromatic heterocycles. The first-order chi connectivity index (χ1) is 9.60. The lowest BCUT2D eigenvalue weighted by atomic mass is 9.80. The number of rotatable bonds is 3. The molecule has 1 spiro atoms. The number of nitrogens with zero attached hydrogens (tertiary/aromatic N) is 1. The molecular formula is C15H25NO3S. The van der Waals surface area contributed by atoms with Crippen molar-refractivity contribution in [2.24, 2.45) is 11.8 Å². The van der Waals surface area contributed by atoms with Gasteiger partial charge in [-0.05, 0) is 43.1 Å². The van der Waals surface area contributed by atoms with Crippen molar-refractivity contribution in [3.63, 3.8) is 0 Å². The average Bonchev–Trinajstić information content (AvgIpc) is 2.38. The third kappa shape index (κ3) is 2.85. The van der Waals surface area contributed by atoms with Crippen LogP contribution >= 0.6 is 11.8 Å². The number of thioether (sulfide) groups is 1. The van der Waals surface area contributed by atoms with Gasteiger partial charge in [-0.15, -0.1) is 0 Å². The van der Waals surface area contributed by atoms with Crippen molar-refractivity contribution in [3.05, 3.63) is 0 Å². The molecule has 20 heavy (non-hydrogen) atoms. The molecule has 114 valence electrons. The van der Waals surface area contributed by atoms with Crippen LogP contribution in [0.2, 0.25) is 0 Å². The highest BCUT2D eigenvalue weighted by Gasteiger charge is 2.44. The zero-order valence-electron chi connectivity index (χ0n) is 12.2. The second kappa shape index (κ2) is 5.85. The van der Waals surface area contributed by atoms with Crippen LogP contribution in [-0.4, -0.2) is 58.8 Å². The summed E-state index contributed by atoms with van der Waals surface area (Å²) in [7, 11) is 0. The Hall–Kier alpha value is -0.260. The summed E-state index contributed by atoms with van der Waals surface area (Å²) in [6, 6.07) is 0.615. The Bertz CT molecular complexity index is 359. The molecule has 3 aliphatic heterocycles. The van der Waals surface area contributed by atoms with E-state index >= 15 is 0 Å². The number of ether oxygens (including phenoxy) is 1. The molecule has 0 aromatic carbocycles. The van der Waals surface area contributed by atoms with Crippen molar-refractivity contribution in [3.8, 4) is 0 Å². The van der Waals surface area contributed by atoms with Gasteiger partial charge in [-0.3, -0.25) is 9.69 Å². The van der Waals surface area contributed by atoms with Crippen LogP contribution in [0.3, 0.4) is 0 Å². The van der Waals surface area contributed by atoms with E-state index in [1.807, 2.05) is 18.7 Å². The normalized spacial score (nSPS) is 32.8. The average molecular weight is 299 g/mol. The van der Waals surface area contributed by atoms with Gasteiger partial charge >= 0.3 is 5.97 Å².